The van der Waals surface area contributed by atoms with Crippen molar-refractivity contribution in [2.45, 2.75) is 65.7 Å². The van der Waals surface area contributed by atoms with Crippen molar-refractivity contribution in [1.29, 1.82) is 0 Å². The van der Waals surface area contributed by atoms with Gasteiger partial charge in [-0.25, -0.2) is 19.6 Å². The van der Waals surface area contributed by atoms with E-state index in [2.05, 4.69) is 226 Å². The number of aryl methyl sites for hydroxylation is 2. The monoisotopic (exact) mass is 1580 g/mol. The summed E-state index contributed by atoms with van der Waals surface area (Å²) in [6, 6.07) is 79.3. The Hall–Kier alpha value is -7.74. The molecular weight excluding hydrogens is 1510 g/mol. The van der Waals surface area contributed by atoms with Gasteiger partial charge in [0.15, 0.2) is 32.9 Å². The predicted octanol–water partition coefficient (Wildman–Crippen LogP) is 12.8. The topological polar surface area (TPSA) is 164 Å². The number of aliphatic hydroxyl groups excluding tert-OH is 2. The van der Waals surface area contributed by atoms with E-state index < -0.39 is 21.5 Å². The second-order valence-electron chi connectivity index (χ2n) is 21.4. The molecule has 0 radical (unpaired) electrons. The van der Waals surface area contributed by atoms with Gasteiger partial charge in [0.25, 0.3) is 11.1 Å². The molecule has 508 valence electrons. The normalized spacial score (nSPS) is 10.5. The average molecular weight is 1580 g/mol. The van der Waals surface area contributed by atoms with Crippen LogP contribution in [0.25, 0.3) is 22.3 Å². The largest absolute Gasteiger partial charge is 0.0622 e. The Kier molecular flexibility index (Phi) is 32.5. The molecular formula is C76H73BrCl4N8O6P2Pd. The maximum Gasteiger partial charge on any atom is -0.0134 e. The molecule has 0 saturated heterocycles. The van der Waals surface area contributed by atoms with Crippen molar-refractivity contribution in [2.75, 3.05) is 13.2 Å². The van der Waals surface area contributed by atoms with Crippen LogP contribution in [0.1, 0.15) is 56.5 Å². The van der Waals surface area contributed by atoms with Gasteiger partial charge < -0.3 is 19.3 Å². The van der Waals surface area contributed by atoms with Crippen molar-refractivity contribution < 1.29 is 26.2 Å². The molecule has 2 N–H and O–H groups in total. The van der Waals surface area contributed by atoms with Gasteiger partial charge in [-0.15, -0.1) is 6.42 Å². The summed E-state index contributed by atoms with van der Waals surface area (Å²) in [6.07, 6.45) is 7.79. The summed E-state index contributed by atoms with van der Waals surface area (Å²) in [6.45, 7) is 5.09. The second kappa shape index (κ2) is 41.0. The summed E-state index contributed by atoms with van der Waals surface area (Å²) in [4.78, 5) is 59.9. The van der Waals surface area contributed by atoms with E-state index in [-0.39, 0.29) is 51.6 Å². The molecule has 8 aromatic carbocycles. The first kappa shape index (κ1) is 77.6. The van der Waals surface area contributed by atoms with E-state index in [1.807, 2.05) is 44.0 Å². The summed E-state index contributed by atoms with van der Waals surface area (Å²) < 4.78 is 9.31. The zero-order valence-corrected chi connectivity index (χ0v) is 62.2. The third-order valence-electron chi connectivity index (χ3n) is 14.9. The first-order valence-corrected chi connectivity index (χ1v) is 39.3. The van der Waals surface area contributed by atoms with Crippen molar-refractivity contribution in [2.24, 2.45) is 14.1 Å². The number of unbranched alkanes of at least 4 members (excludes halogenated alkanes) is 2. The Morgan fingerprint density at radius 3 is 1.06 bits per heavy atom. The van der Waals surface area contributed by atoms with E-state index in [1.54, 1.807) is 47.5 Å². The van der Waals surface area contributed by atoms with Gasteiger partial charge in [-0.3, -0.25) is 27.9 Å². The van der Waals surface area contributed by atoms with E-state index >= 15 is 0 Å². The average Bonchev–Trinajstić information content (AvgIpc) is 1.59. The number of aliphatic hydroxyl groups is 2. The molecule has 0 spiro atoms. The van der Waals surface area contributed by atoms with Gasteiger partial charge in [-0.1, -0.05) is 268 Å². The quantitative estimate of drug-likeness (QED) is 0.0418. The predicted molar refractivity (Wildman–Crippen MR) is 409 cm³/mol. The number of rotatable bonds is 16. The summed E-state index contributed by atoms with van der Waals surface area (Å²) in [5, 5.41) is 26.4. The Balaban J connectivity index is 0.000000180. The zero-order valence-electron chi connectivity index (χ0n) is 54.3. The third-order valence-corrected chi connectivity index (χ3v) is 20.9. The van der Waals surface area contributed by atoms with E-state index in [4.69, 9.17) is 52.5 Å². The van der Waals surface area contributed by atoms with Gasteiger partial charge in [-0.2, -0.15) is 0 Å². The van der Waals surface area contributed by atoms with Crippen LogP contribution in [0.2, 0.25) is 10.0 Å². The first-order valence-electron chi connectivity index (χ1n) is 31.1. The Bertz CT molecular complexity index is 4500. The maximum atomic E-state index is 13.1. The van der Waals surface area contributed by atoms with Crippen LogP contribution in [-0.2, 0) is 56.2 Å². The van der Waals surface area contributed by atoms with Crippen LogP contribution in [0, 0.1) is 24.2 Å². The van der Waals surface area contributed by atoms with Crippen LogP contribution in [-0.4, -0.2) is 60.8 Å². The fraction of sp³-hybridized carbons (Fsp3) is 0.184. The molecule has 0 bridgehead atoms. The molecule has 14 nitrogen and oxygen atoms in total. The number of imidazole rings is 2. The minimum atomic E-state index is -0.446. The van der Waals surface area contributed by atoms with Gasteiger partial charge in [0, 0.05) is 37.2 Å². The molecule has 12 rings (SSSR count). The van der Waals surface area contributed by atoms with Gasteiger partial charge in [0.05, 0.1) is 13.1 Å². The summed E-state index contributed by atoms with van der Waals surface area (Å²) >= 11 is 15.2. The number of terminal acetylenes is 1. The molecule has 4 heterocycles. The summed E-state index contributed by atoms with van der Waals surface area (Å²) in [5.74, 6) is 7.66. The van der Waals surface area contributed by atoms with Crippen LogP contribution in [0.4, 0.5) is 0 Å². The van der Waals surface area contributed by atoms with Crippen molar-refractivity contribution in [1.82, 2.24) is 37.4 Å². The van der Waals surface area contributed by atoms with Crippen molar-refractivity contribution in [3.8, 4) is 24.2 Å². The van der Waals surface area contributed by atoms with Crippen LogP contribution < -0.4 is 54.3 Å². The van der Waals surface area contributed by atoms with Gasteiger partial charge in [0.2, 0.25) is 0 Å². The number of hydrogen-bond donors (Lipinski definition) is 2. The summed E-state index contributed by atoms with van der Waals surface area (Å²) in [5.41, 5.74) is 1.85. The number of nitrogens with zero attached hydrogens (tertiary/aromatic N) is 8. The van der Waals surface area contributed by atoms with E-state index in [1.165, 1.54) is 50.1 Å². The van der Waals surface area contributed by atoms with Gasteiger partial charge in [0.1, 0.15) is 13.2 Å². The molecule has 0 saturated carbocycles. The molecule has 98 heavy (non-hydrogen) atoms. The van der Waals surface area contributed by atoms with Crippen LogP contribution >= 0.6 is 74.0 Å². The Morgan fingerprint density at radius 2 is 0.765 bits per heavy atom. The van der Waals surface area contributed by atoms with Crippen molar-refractivity contribution >= 4 is 128 Å². The molecule has 0 aliphatic rings. The van der Waals surface area contributed by atoms with Crippen molar-refractivity contribution in [3.63, 3.8) is 0 Å². The Morgan fingerprint density at radius 1 is 0.469 bits per heavy atom. The van der Waals surface area contributed by atoms with Crippen LogP contribution in [0.5, 0.6) is 0 Å². The fourth-order valence-electron chi connectivity index (χ4n) is 10.2. The maximum absolute atomic E-state index is 13.1. The summed E-state index contributed by atoms with van der Waals surface area (Å²) in [7, 11) is 12.0. The number of fused-ring (bicyclic) bond motifs is 2. The molecule has 0 unspecified atom stereocenters. The third kappa shape index (κ3) is 21.4. The molecule has 0 aliphatic carbocycles. The van der Waals surface area contributed by atoms with Gasteiger partial charge >= 0.3 is 46.4 Å². The molecule has 0 aliphatic heterocycles. The smallest absolute Gasteiger partial charge is 0.0134 e. The minimum Gasteiger partial charge on any atom is -0.0622 e. The van der Waals surface area contributed by atoms with E-state index in [9.17, 15) is 19.2 Å². The molecule has 0 amide bonds. The number of halogens is 5. The van der Waals surface area contributed by atoms with Gasteiger partial charge in [-0.05, 0) is 118 Å². The number of benzene rings is 8. The number of aromatic nitrogens is 8. The van der Waals surface area contributed by atoms with Crippen LogP contribution in [0.15, 0.2) is 254 Å². The Labute approximate surface area is 607 Å². The fourth-order valence-corrected chi connectivity index (χ4v) is 15.5. The molecule has 4 aromatic heterocycles. The molecule has 0 fully saturated rings. The molecule has 0 atom stereocenters. The van der Waals surface area contributed by atoms with E-state index in [0.29, 0.717) is 63.5 Å². The molecule has 22 heteroatoms. The number of hydrogen-bond acceptors (Lipinski definition) is 8. The standard InChI is InChI=1S/C20H21ClN4O3.2C18H15P.C17H18BrClN4O2.C3H4O.2ClH.Pd/c1-3-4-11-24-19(27)17-18(23(2)20(24)28)22-16(6-5-12-26)25(17)13-14-7-9-15(21)10-8-14;2*1-4-10-16(11-5-1)19(17-12-6-2-7-13-17)18-14-8-3-9-15-18;1-3-4-9-22-15(24)13-14(21(2)17(22)25)20-16(18)23(13)10-11-5-7-12(19)8-6-11;1-2-3-4;;;/h7-10,26H,3-4,11-13H2,1-2H3;2*1-15H;5-8H,3-4,9-10H2,1-2H3;1,4H,3H2;2*1H;/q;;;;;;;+2/p-2. The zero-order chi connectivity index (χ0) is 70.3. The van der Waals surface area contributed by atoms with Crippen molar-refractivity contribution in [3.05, 3.63) is 304 Å². The minimum absolute atomic E-state index is 0.106. The second-order valence-corrected chi connectivity index (χ2v) is 29.8. The first-order chi connectivity index (χ1) is 47.6. The molecule has 12 aromatic rings. The van der Waals surface area contributed by atoms with Crippen LogP contribution in [0.3, 0.4) is 0 Å². The van der Waals surface area contributed by atoms with E-state index in [0.717, 1.165) is 36.8 Å². The SMILES string of the molecule is C#CCO.CCCCn1c(=O)c2c(nc(Br)n2Cc2ccc(Cl)cc2)n(C)c1=O.CCCCn1c(=O)c2c(nc(C#CCO)n2Cc2ccc(Cl)cc2)n(C)c1=O.[Cl][Pd][Cl].c1ccc(P(c2ccccc2)c2ccccc2)cc1.c1ccc(P(c2ccccc2)c2ccccc2)cc1.